The molecule has 2 aliphatic rings. The van der Waals surface area contributed by atoms with Crippen molar-refractivity contribution in [1.29, 1.82) is 0 Å². The summed E-state index contributed by atoms with van der Waals surface area (Å²) in [5, 5.41) is 0. The summed E-state index contributed by atoms with van der Waals surface area (Å²) in [6.45, 7) is 0. The molecule has 2 aliphatic carbocycles. The lowest BCUT2D eigenvalue weighted by Crippen LogP contribution is -1.76. The molecule has 0 heteroatoms. The lowest BCUT2D eigenvalue weighted by molar-refractivity contribution is 1.06. The Morgan fingerprint density at radius 2 is 1.71 bits per heavy atom. The molecule has 0 fully saturated rings. The van der Waals surface area contributed by atoms with Crippen LogP contribution in [0.2, 0.25) is 0 Å². The van der Waals surface area contributed by atoms with Gasteiger partial charge in [0, 0.05) is 0 Å². The Kier molecular flexibility index (Phi) is 1.66. The summed E-state index contributed by atoms with van der Waals surface area (Å²) < 4.78 is 0. The quantitative estimate of drug-likeness (QED) is 0.617. The van der Waals surface area contributed by atoms with E-state index >= 15 is 0 Å². The van der Waals surface area contributed by atoms with Crippen molar-refractivity contribution in [2.75, 3.05) is 0 Å². The predicted octanol–water partition coefficient (Wildman–Crippen LogP) is 3.73. The van der Waals surface area contributed by atoms with Crippen molar-refractivity contribution in [3.05, 3.63) is 65.3 Å². The first kappa shape index (κ1) is 7.81. The van der Waals surface area contributed by atoms with E-state index in [1.54, 1.807) is 0 Å². The number of hydrogen-bond acceptors (Lipinski definition) is 0. The van der Waals surface area contributed by atoms with Crippen LogP contribution in [0.4, 0.5) is 0 Å². The highest BCUT2D eigenvalue weighted by Crippen LogP contribution is 2.36. The molecule has 0 unspecified atom stereocenters. The molecule has 0 aromatic heterocycles. The Balaban J connectivity index is 2.04. The maximum absolute atomic E-state index is 2.34. The van der Waals surface area contributed by atoms with Crippen LogP contribution in [0.5, 0.6) is 0 Å². The molecule has 0 N–H and O–H groups in total. The fraction of sp³-hybridized carbons (Fsp3) is 0.143. The van der Waals surface area contributed by atoms with Gasteiger partial charge in [0.25, 0.3) is 0 Å². The van der Waals surface area contributed by atoms with E-state index in [0.717, 1.165) is 0 Å². The summed E-state index contributed by atoms with van der Waals surface area (Å²) in [7, 11) is 0. The van der Waals surface area contributed by atoms with E-state index in [4.69, 9.17) is 0 Å². The summed E-state index contributed by atoms with van der Waals surface area (Å²) in [5.41, 5.74) is 5.66. The number of fused-ring (bicyclic) bond motifs is 1. The Morgan fingerprint density at radius 1 is 0.857 bits per heavy atom. The van der Waals surface area contributed by atoms with Crippen LogP contribution in [-0.4, -0.2) is 0 Å². The Labute approximate surface area is 84.3 Å². The lowest BCUT2D eigenvalue weighted by Gasteiger charge is -1.97. The van der Waals surface area contributed by atoms with Crippen LogP contribution >= 0.6 is 0 Å². The summed E-state index contributed by atoms with van der Waals surface area (Å²) in [4.78, 5) is 0. The molecular weight excluding hydrogens is 168 g/mol. The molecule has 0 saturated heterocycles. The third-order valence-corrected chi connectivity index (χ3v) is 2.90. The molecular formula is C14H12. The van der Waals surface area contributed by atoms with Crippen molar-refractivity contribution in [1.82, 2.24) is 0 Å². The molecule has 0 heterocycles. The molecule has 0 spiro atoms. The van der Waals surface area contributed by atoms with E-state index in [2.05, 4.69) is 48.6 Å². The minimum Gasteiger partial charge on any atom is -0.0766 e. The average Bonchev–Trinajstić information content (AvgIpc) is 2.78. The molecule has 3 rings (SSSR count). The number of allylic oxidation sites excluding steroid dienone is 6. The van der Waals surface area contributed by atoms with Crippen molar-refractivity contribution in [3.8, 4) is 0 Å². The van der Waals surface area contributed by atoms with Gasteiger partial charge in [0.2, 0.25) is 0 Å². The van der Waals surface area contributed by atoms with E-state index < -0.39 is 0 Å². The van der Waals surface area contributed by atoms with Crippen LogP contribution in [0.3, 0.4) is 0 Å². The maximum Gasteiger partial charge on any atom is -0.0175 e. The Hall–Kier alpha value is -1.56. The van der Waals surface area contributed by atoms with Crippen LogP contribution in [0.15, 0.2) is 59.7 Å². The molecule has 0 atom stereocenters. The minimum atomic E-state index is 1.22. The molecule has 14 heavy (non-hydrogen) atoms. The molecule has 1 aromatic carbocycles. The van der Waals surface area contributed by atoms with Gasteiger partial charge in [0.05, 0.1) is 0 Å². The van der Waals surface area contributed by atoms with Gasteiger partial charge in [-0.15, -0.1) is 0 Å². The second-order valence-electron chi connectivity index (χ2n) is 3.83. The third kappa shape index (κ3) is 1.15. The number of hydrogen-bond donors (Lipinski definition) is 0. The van der Waals surface area contributed by atoms with Gasteiger partial charge in [0.1, 0.15) is 0 Å². The van der Waals surface area contributed by atoms with Gasteiger partial charge in [0.15, 0.2) is 0 Å². The molecule has 1 aromatic rings. The first-order chi connectivity index (χ1) is 6.93. The van der Waals surface area contributed by atoms with Gasteiger partial charge in [-0.05, 0) is 41.2 Å². The second-order valence-corrected chi connectivity index (χ2v) is 3.83. The minimum absolute atomic E-state index is 1.22. The largest absolute Gasteiger partial charge is 0.0766 e. The Morgan fingerprint density at radius 3 is 2.50 bits per heavy atom. The third-order valence-electron chi connectivity index (χ3n) is 2.90. The number of benzene rings is 1. The zero-order valence-corrected chi connectivity index (χ0v) is 8.03. The predicted molar refractivity (Wildman–Crippen MR) is 59.8 cm³/mol. The first-order valence-corrected chi connectivity index (χ1v) is 5.12. The molecule has 0 nitrogen and oxygen atoms in total. The summed E-state index contributed by atoms with van der Waals surface area (Å²) >= 11 is 0. The van der Waals surface area contributed by atoms with Crippen molar-refractivity contribution in [3.63, 3.8) is 0 Å². The Bertz CT molecular complexity index is 444. The summed E-state index contributed by atoms with van der Waals surface area (Å²) in [6, 6.07) is 10.6. The highest BCUT2D eigenvalue weighted by molar-refractivity contribution is 5.83. The van der Waals surface area contributed by atoms with E-state index in [0.29, 0.717) is 0 Å². The van der Waals surface area contributed by atoms with E-state index in [9.17, 15) is 0 Å². The van der Waals surface area contributed by atoms with E-state index in [-0.39, 0.29) is 0 Å². The smallest absolute Gasteiger partial charge is 0.0175 e. The molecule has 68 valence electrons. The van der Waals surface area contributed by atoms with Crippen molar-refractivity contribution in [2.45, 2.75) is 12.8 Å². The van der Waals surface area contributed by atoms with Gasteiger partial charge in [-0.2, -0.15) is 0 Å². The summed E-state index contributed by atoms with van der Waals surface area (Å²) in [6.07, 6.45) is 9.41. The highest BCUT2D eigenvalue weighted by atomic mass is 14.2. The van der Waals surface area contributed by atoms with Crippen LogP contribution in [0, 0.1) is 0 Å². The van der Waals surface area contributed by atoms with Crippen LogP contribution < -0.4 is 0 Å². The monoisotopic (exact) mass is 180 g/mol. The molecule has 0 bridgehead atoms. The standard InChI is InChI=1S/C14H12/c1-2-5-11(6-3-1)14-9-12-7-4-8-13(12)10-14/h1-3,5-7,9-10H,4,8H2. The topological polar surface area (TPSA) is 0 Å². The number of rotatable bonds is 1. The van der Waals surface area contributed by atoms with Crippen molar-refractivity contribution >= 4 is 5.57 Å². The van der Waals surface area contributed by atoms with Crippen molar-refractivity contribution < 1.29 is 0 Å². The lowest BCUT2D eigenvalue weighted by atomic mass is 10.1. The van der Waals surface area contributed by atoms with E-state index in [1.807, 2.05) is 0 Å². The average molecular weight is 180 g/mol. The molecule has 0 amide bonds. The fourth-order valence-electron chi connectivity index (χ4n) is 2.16. The van der Waals surface area contributed by atoms with Crippen LogP contribution in [-0.2, 0) is 0 Å². The van der Waals surface area contributed by atoms with E-state index in [1.165, 1.54) is 35.1 Å². The zero-order valence-electron chi connectivity index (χ0n) is 8.03. The van der Waals surface area contributed by atoms with Gasteiger partial charge >= 0.3 is 0 Å². The molecule has 0 radical (unpaired) electrons. The second kappa shape index (κ2) is 2.98. The van der Waals surface area contributed by atoms with Gasteiger partial charge in [-0.1, -0.05) is 42.5 Å². The summed E-state index contributed by atoms with van der Waals surface area (Å²) in [5.74, 6) is 0. The van der Waals surface area contributed by atoms with Crippen LogP contribution in [0.25, 0.3) is 5.57 Å². The SMILES string of the molecule is C1=C2C=C(c3ccccc3)C=C2CC1. The normalized spacial score (nSPS) is 18.7. The van der Waals surface area contributed by atoms with Gasteiger partial charge in [-0.3, -0.25) is 0 Å². The van der Waals surface area contributed by atoms with Gasteiger partial charge < -0.3 is 0 Å². The fourth-order valence-corrected chi connectivity index (χ4v) is 2.16. The molecule has 0 aliphatic heterocycles. The van der Waals surface area contributed by atoms with Crippen molar-refractivity contribution in [2.24, 2.45) is 0 Å². The van der Waals surface area contributed by atoms with Gasteiger partial charge in [-0.25, -0.2) is 0 Å². The highest BCUT2D eigenvalue weighted by Gasteiger charge is 2.16. The molecule has 0 saturated carbocycles. The maximum atomic E-state index is 2.34. The zero-order chi connectivity index (χ0) is 9.38. The first-order valence-electron chi connectivity index (χ1n) is 5.12. The van der Waals surface area contributed by atoms with Crippen LogP contribution in [0.1, 0.15) is 18.4 Å².